The van der Waals surface area contributed by atoms with E-state index < -0.39 is 108 Å². The first-order chi connectivity index (χ1) is 28.6. The minimum Gasteiger partial charge on any atom is -0.247 e. The summed E-state index contributed by atoms with van der Waals surface area (Å²) >= 11 is 0. The highest BCUT2D eigenvalue weighted by Crippen LogP contribution is 1.88. The first-order valence-corrected chi connectivity index (χ1v) is 18.0. The molecule has 0 radical (unpaired) electrons. The van der Waals surface area contributed by atoms with Gasteiger partial charge in [0.25, 0.3) is 0 Å². The van der Waals surface area contributed by atoms with Crippen LogP contribution in [0.2, 0.25) is 0 Å². The van der Waals surface area contributed by atoms with Gasteiger partial charge < -0.3 is 0 Å². The van der Waals surface area contributed by atoms with Crippen molar-refractivity contribution >= 4 is 0 Å². The molecule has 0 aromatic carbocycles. The molecule has 0 saturated carbocycles. The standard InChI is InChI=1S/C36H42N12O12/c1-7-13-37-25(49)38(14-8-2)29(53)43(28(37)52)19-22-46-34(58)47(23-20-44-30(54)39(15-9-3)26(50)40(16-10-4)31(44)55)36(60)48(35(46)59)24-21-45-32(56)41(17-11-5)27(51)42(18-12-6)33(45)57/h7-12H,1-6,13-24H2. The highest BCUT2D eigenvalue weighted by molar-refractivity contribution is 4.89. The van der Waals surface area contributed by atoms with Crippen molar-refractivity contribution in [2.75, 3.05) is 0 Å². The van der Waals surface area contributed by atoms with Crippen molar-refractivity contribution < 1.29 is 0 Å². The van der Waals surface area contributed by atoms with E-state index in [0.29, 0.717) is 54.8 Å². The fourth-order valence-corrected chi connectivity index (χ4v) is 6.19. The van der Waals surface area contributed by atoms with Crippen LogP contribution in [-0.4, -0.2) is 54.8 Å². The lowest BCUT2D eigenvalue weighted by Crippen LogP contribution is -2.58. The molecule has 0 aliphatic rings. The number of nitrogens with zero attached hydrogens (tertiary/aromatic N) is 12. The van der Waals surface area contributed by atoms with E-state index in [4.69, 9.17) is 0 Å². The number of aromatic nitrogens is 12. The van der Waals surface area contributed by atoms with Crippen molar-refractivity contribution in [3.05, 3.63) is 202 Å². The Morgan fingerprint density at radius 2 is 0.317 bits per heavy atom. The molecule has 0 aliphatic heterocycles. The third kappa shape index (κ3) is 8.23. The second kappa shape index (κ2) is 19.0. The molecule has 0 N–H and O–H groups in total. The third-order valence-corrected chi connectivity index (χ3v) is 9.05. The number of hydrogen-bond acceptors (Lipinski definition) is 12. The normalized spacial score (nSPS) is 11.0. The summed E-state index contributed by atoms with van der Waals surface area (Å²) in [6, 6.07) is 0. The molecule has 0 spiro atoms. The zero-order valence-corrected chi connectivity index (χ0v) is 32.5. The van der Waals surface area contributed by atoms with Gasteiger partial charge in [0, 0.05) is 0 Å². The highest BCUT2D eigenvalue weighted by atomic mass is 16.2. The van der Waals surface area contributed by atoms with Gasteiger partial charge in [-0.2, -0.15) is 0 Å². The van der Waals surface area contributed by atoms with Crippen molar-refractivity contribution in [1.29, 1.82) is 0 Å². The molecule has 24 nitrogen and oxygen atoms in total. The maximum absolute atomic E-state index is 14.0. The van der Waals surface area contributed by atoms with Gasteiger partial charge in [0.1, 0.15) is 0 Å². The van der Waals surface area contributed by atoms with Crippen molar-refractivity contribution in [3.8, 4) is 0 Å². The molecule has 4 rings (SSSR count). The van der Waals surface area contributed by atoms with Gasteiger partial charge in [0.05, 0.1) is 78.5 Å². The van der Waals surface area contributed by atoms with Gasteiger partial charge in [0.15, 0.2) is 0 Å². The van der Waals surface area contributed by atoms with Crippen molar-refractivity contribution in [2.45, 2.75) is 78.5 Å². The molecule has 0 atom stereocenters. The molecule has 0 amide bonds. The summed E-state index contributed by atoms with van der Waals surface area (Å²) in [5.74, 6) is 0. The molecule has 318 valence electrons. The molecule has 0 bridgehead atoms. The van der Waals surface area contributed by atoms with Gasteiger partial charge in [-0.25, -0.2) is 112 Å². The van der Waals surface area contributed by atoms with E-state index in [-0.39, 0.29) is 39.3 Å². The average molecular weight is 835 g/mol. The number of allylic oxidation sites excluding steroid dienone is 6. The largest absolute Gasteiger partial charge is 0.336 e. The van der Waals surface area contributed by atoms with E-state index in [2.05, 4.69) is 39.5 Å². The van der Waals surface area contributed by atoms with Crippen LogP contribution in [0, 0.1) is 0 Å². The molecule has 4 aromatic rings. The molecule has 0 aliphatic carbocycles. The SMILES string of the molecule is C=CCn1c(=O)n(CC=C)c(=O)n(CCn2c(=O)n(CCn3c(=O)n(CC=C)c(=O)n(CC=C)c3=O)c(=O)n(CCn3c(=O)n(CC=C)c(=O)n(CC=C)c3=O)c2=O)c1=O. The Hall–Kier alpha value is -7.92. The van der Waals surface area contributed by atoms with E-state index in [1.807, 2.05) is 0 Å². The number of hydrogen-bond donors (Lipinski definition) is 0. The maximum Gasteiger partial charge on any atom is 0.336 e. The van der Waals surface area contributed by atoms with Crippen LogP contribution < -0.4 is 68.3 Å². The van der Waals surface area contributed by atoms with Gasteiger partial charge in [-0.1, -0.05) is 36.5 Å². The average Bonchev–Trinajstić information content (AvgIpc) is 3.21. The summed E-state index contributed by atoms with van der Waals surface area (Å²) in [5, 5.41) is 0. The van der Waals surface area contributed by atoms with Gasteiger partial charge in [-0.05, 0) is 0 Å². The lowest BCUT2D eigenvalue weighted by atomic mass is 10.5. The van der Waals surface area contributed by atoms with Crippen LogP contribution in [0.15, 0.2) is 133 Å². The third-order valence-electron chi connectivity index (χ3n) is 9.05. The summed E-state index contributed by atoms with van der Waals surface area (Å²) in [7, 11) is 0. The minimum atomic E-state index is -1.34. The molecule has 60 heavy (non-hydrogen) atoms. The Morgan fingerprint density at radius 1 is 0.217 bits per heavy atom. The summed E-state index contributed by atoms with van der Waals surface area (Å²) in [6.07, 6.45) is 7.31. The fourth-order valence-electron chi connectivity index (χ4n) is 6.19. The van der Waals surface area contributed by atoms with Crippen LogP contribution in [0.4, 0.5) is 0 Å². The lowest BCUT2D eigenvalue weighted by molar-refractivity contribution is 0.373. The Bertz CT molecular complexity index is 2670. The molecular formula is C36H42N12O12. The molecule has 4 heterocycles. The van der Waals surface area contributed by atoms with Crippen molar-refractivity contribution in [1.82, 2.24) is 54.8 Å². The number of rotatable bonds is 21. The second-order valence-electron chi connectivity index (χ2n) is 12.7. The van der Waals surface area contributed by atoms with E-state index >= 15 is 0 Å². The van der Waals surface area contributed by atoms with Crippen LogP contribution in [-0.2, 0) is 78.5 Å². The minimum absolute atomic E-state index is 0.325. The molecule has 0 fully saturated rings. The monoisotopic (exact) mass is 834 g/mol. The molecule has 4 aromatic heterocycles. The predicted molar refractivity (Wildman–Crippen MR) is 218 cm³/mol. The highest BCUT2D eigenvalue weighted by Gasteiger charge is 2.22. The van der Waals surface area contributed by atoms with Gasteiger partial charge in [-0.3, -0.25) is 0 Å². The summed E-state index contributed by atoms with van der Waals surface area (Å²) in [4.78, 5) is 161. The second-order valence-corrected chi connectivity index (χ2v) is 12.7. The Morgan fingerprint density at radius 3 is 0.433 bits per heavy atom. The van der Waals surface area contributed by atoms with Gasteiger partial charge >= 0.3 is 68.3 Å². The molecular weight excluding hydrogens is 792 g/mol. The first kappa shape index (κ1) is 44.8. The quantitative estimate of drug-likeness (QED) is 0.0714. The van der Waals surface area contributed by atoms with Gasteiger partial charge in [0.2, 0.25) is 0 Å². The van der Waals surface area contributed by atoms with Crippen LogP contribution in [0.3, 0.4) is 0 Å². The maximum atomic E-state index is 14.0. The van der Waals surface area contributed by atoms with E-state index in [1.165, 1.54) is 36.5 Å². The van der Waals surface area contributed by atoms with Crippen LogP contribution >= 0.6 is 0 Å². The van der Waals surface area contributed by atoms with Crippen LogP contribution in [0.5, 0.6) is 0 Å². The van der Waals surface area contributed by atoms with Crippen molar-refractivity contribution in [2.24, 2.45) is 0 Å². The Balaban J connectivity index is 1.98. The first-order valence-electron chi connectivity index (χ1n) is 18.0. The molecule has 0 unspecified atom stereocenters. The zero-order chi connectivity index (χ0) is 44.6. The van der Waals surface area contributed by atoms with E-state index in [0.717, 1.165) is 0 Å². The topological polar surface area (TPSA) is 264 Å². The fraction of sp³-hybridized carbons (Fsp3) is 0.333. The smallest absolute Gasteiger partial charge is 0.247 e. The van der Waals surface area contributed by atoms with Crippen molar-refractivity contribution in [3.63, 3.8) is 0 Å². The van der Waals surface area contributed by atoms with E-state index in [9.17, 15) is 57.5 Å². The van der Waals surface area contributed by atoms with Gasteiger partial charge in [-0.15, -0.1) is 39.5 Å². The predicted octanol–water partition coefficient (Wildman–Crippen LogP) is -5.16. The molecule has 0 saturated heterocycles. The Kier molecular flexibility index (Phi) is 14.2. The van der Waals surface area contributed by atoms with Crippen LogP contribution in [0.25, 0.3) is 0 Å². The zero-order valence-electron chi connectivity index (χ0n) is 32.5. The summed E-state index contributed by atoms with van der Waals surface area (Å²) in [5.41, 5.74) is -13.7. The molecule has 24 heteroatoms. The van der Waals surface area contributed by atoms with Crippen LogP contribution in [0.1, 0.15) is 0 Å². The van der Waals surface area contributed by atoms with E-state index in [1.54, 1.807) is 0 Å². The summed E-state index contributed by atoms with van der Waals surface area (Å²) in [6.45, 7) is 14.5. The lowest BCUT2D eigenvalue weighted by Gasteiger charge is -2.17. The Labute approximate surface area is 334 Å². The summed E-state index contributed by atoms with van der Waals surface area (Å²) < 4.78 is 7.07.